The maximum atomic E-state index is 13.4. The SMILES string of the molecule is CCc1cc(Cl)cc(N=Nc2c(O)c(C(=O)Nc3ccccc3OC)cc3ccccc23)c1S(=O)(=O)O.CCc1cc(Cl)cc(N=Nc2c([O-])c(C([O-])=Nc3ccccc3OC)cc3ccccc23)c1S(=O)(=O)O.[Ca+2]. The van der Waals surface area contributed by atoms with Crippen molar-refractivity contribution in [3.63, 3.8) is 0 Å². The Morgan fingerprint density at radius 2 is 1.07 bits per heavy atom. The number of rotatable bonds is 14. The molecule has 0 aliphatic rings. The molecule has 0 saturated heterocycles. The number of nitrogens with zero attached hydrogens (tertiary/aromatic N) is 5. The number of ether oxygens (including phenoxy) is 2. The maximum Gasteiger partial charge on any atom is 2.00 e. The summed E-state index contributed by atoms with van der Waals surface area (Å²) in [5.74, 6) is -1.88. The van der Waals surface area contributed by atoms with E-state index < -0.39 is 53.3 Å². The molecule has 0 aliphatic heterocycles. The van der Waals surface area contributed by atoms with Gasteiger partial charge in [0.05, 0.1) is 31.2 Å². The molecule has 0 saturated carbocycles. The van der Waals surface area contributed by atoms with Crippen LogP contribution in [-0.2, 0) is 33.1 Å². The zero-order valence-corrected chi connectivity index (χ0v) is 45.5. The first-order valence-electron chi connectivity index (χ1n) is 22.0. The van der Waals surface area contributed by atoms with Crippen molar-refractivity contribution >= 4 is 149 Å². The van der Waals surface area contributed by atoms with E-state index in [2.05, 4.69) is 30.8 Å². The smallest absolute Gasteiger partial charge is 0.871 e. The largest absolute Gasteiger partial charge is 2.00 e. The third-order valence-corrected chi connectivity index (χ3v) is 13.5. The molecule has 8 aromatic carbocycles. The number of hydrogen-bond donors (Lipinski definition) is 4. The monoisotopic (exact) mass is 1120 g/mol. The van der Waals surface area contributed by atoms with Crippen LogP contribution >= 0.6 is 23.2 Å². The molecule has 0 spiro atoms. The molecule has 0 atom stereocenters. The van der Waals surface area contributed by atoms with Crippen molar-refractivity contribution in [2.45, 2.75) is 36.5 Å². The summed E-state index contributed by atoms with van der Waals surface area (Å²) >= 11 is 12.3. The third kappa shape index (κ3) is 13.2. The molecule has 8 rings (SSSR count). The van der Waals surface area contributed by atoms with Crippen LogP contribution in [0.25, 0.3) is 21.5 Å². The first-order chi connectivity index (χ1) is 35.3. The number of carbonyl (C=O) groups is 1. The summed E-state index contributed by atoms with van der Waals surface area (Å²) < 4.78 is 78.5. The van der Waals surface area contributed by atoms with Crippen molar-refractivity contribution in [2.24, 2.45) is 25.4 Å². The first kappa shape index (κ1) is 57.6. The number of benzene rings is 8. The number of para-hydroxylation sites is 4. The summed E-state index contributed by atoms with van der Waals surface area (Å²) in [6.45, 7) is 3.38. The molecule has 8 aromatic rings. The molecule has 75 heavy (non-hydrogen) atoms. The molecule has 23 heteroatoms. The average molecular weight is 1120 g/mol. The zero-order valence-electron chi connectivity index (χ0n) is 40.1. The van der Waals surface area contributed by atoms with Crippen molar-refractivity contribution in [3.8, 4) is 23.0 Å². The Hall–Kier alpha value is -6.72. The fourth-order valence-corrected chi connectivity index (χ4v) is 10.0. The molecular weight excluding hydrogens is 1080 g/mol. The summed E-state index contributed by atoms with van der Waals surface area (Å²) in [5, 5.41) is 58.7. The van der Waals surface area contributed by atoms with E-state index in [0.717, 1.165) is 0 Å². The predicted octanol–water partition coefficient (Wildman–Crippen LogP) is 11.5. The number of amides is 1. The second-order valence-electron chi connectivity index (χ2n) is 15.8. The van der Waals surface area contributed by atoms with Crippen LogP contribution in [0.4, 0.5) is 34.1 Å². The number of phenolic OH excluding ortho intramolecular Hbond substituents is 1. The molecule has 18 nitrogen and oxygen atoms in total. The quantitative estimate of drug-likeness (QED) is 0.0260. The van der Waals surface area contributed by atoms with Gasteiger partial charge in [0.2, 0.25) is 0 Å². The van der Waals surface area contributed by atoms with Gasteiger partial charge in [-0.1, -0.05) is 116 Å². The number of aromatic hydroxyl groups is 1. The first-order valence-corrected chi connectivity index (χ1v) is 25.7. The molecule has 0 aliphatic carbocycles. The summed E-state index contributed by atoms with van der Waals surface area (Å²) in [5.41, 5.74) is 0.0640. The fraction of sp³-hybridized carbons (Fsp3) is 0.115. The second-order valence-corrected chi connectivity index (χ2v) is 19.4. The molecule has 0 bridgehead atoms. The van der Waals surface area contributed by atoms with E-state index in [1.54, 1.807) is 111 Å². The Kier molecular flexibility index (Phi) is 19.0. The number of methoxy groups -OCH3 is 2. The number of anilines is 1. The summed E-state index contributed by atoms with van der Waals surface area (Å²) in [6, 6.07) is 35.2. The third-order valence-electron chi connectivity index (χ3n) is 11.1. The molecule has 0 unspecified atom stereocenters. The summed E-state index contributed by atoms with van der Waals surface area (Å²) in [7, 11) is -6.44. The summed E-state index contributed by atoms with van der Waals surface area (Å²) in [4.78, 5) is 16.3. The average Bonchev–Trinajstić information content (AvgIpc) is 3.37. The Morgan fingerprint density at radius 1 is 0.613 bits per heavy atom. The van der Waals surface area contributed by atoms with E-state index in [9.17, 15) is 46.1 Å². The number of fused-ring (bicyclic) bond motifs is 2. The van der Waals surface area contributed by atoms with Gasteiger partial charge in [-0.05, 0) is 107 Å². The number of hydrogen-bond acceptors (Lipinski definition) is 15. The van der Waals surface area contributed by atoms with Crippen LogP contribution in [0.5, 0.6) is 23.0 Å². The van der Waals surface area contributed by atoms with Gasteiger partial charge < -0.3 is 30.1 Å². The number of aliphatic imine (C=N–C) groups is 1. The van der Waals surface area contributed by atoms with Crippen LogP contribution in [0.1, 0.15) is 40.9 Å². The van der Waals surface area contributed by atoms with Gasteiger partial charge in [-0.2, -0.15) is 21.9 Å². The van der Waals surface area contributed by atoms with E-state index in [1.165, 1.54) is 50.6 Å². The number of carbonyl (C=O) groups excluding carboxylic acids is 1. The van der Waals surface area contributed by atoms with Crippen LogP contribution in [0.2, 0.25) is 10.0 Å². The molecule has 0 fully saturated rings. The van der Waals surface area contributed by atoms with Gasteiger partial charge in [0.25, 0.3) is 26.1 Å². The maximum absolute atomic E-state index is 13.4. The van der Waals surface area contributed by atoms with Crippen molar-refractivity contribution < 1.29 is 55.5 Å². The van der Waals surface area contributed by atoms with Crippen LogP contribution in [-0.4, -0.2) is 94.8 Å². The molecule has 380 valence electrons. The molecule has 1 amide bonds. The minimum atomic E-state index is -4.68. The summed E-state index contributed by atoms with van der Waals surface area (Å²) in [6.07, 6.45) is 0.493. The van der Waals surface area contributed by atoms with E-state index in [1.807, 2.05) is 0 Å². The standard InChI is InChI=1S/2C26H22ClN3O6S.Ca/c2*1-3-15-12-17(27)14-21(25(15)37(33,34)35)29-30-23-18-9-5-4-8-16(18)13-19(24(23)31)26(32)28-20-10-6-7-11-22(20)36-2;/h2*4-14,31H,3H2,1-2H3,(H,28,32)(H,33,34,35);/q;;+2/p-2. The molecule has 4 N–H and O–H groups in total. The number of aryl methyl sites for hydroxylation is 2. The predicted molar refractivity (Wildman–Crippen MR) is 285 cm³/mol. The molecule has 0 radical (unpaired) electrons. The van der Waals surface area contributed by atoms with Gasteiger partial charge in [0.1, 0.15) is 44.0 Å². The number of nitrogens with one attached hydrogen (secondary N) is 1. The van der Waals surface area contributed by atoms with Gasteiger partial charge >= 0.3 is 37.7 Å². The Bertz CT molecular complexity index is 3830. The number of phenols is 1. The topological polar surface area (TPSA) is 284 Å². The van der Waals surface area contributed by atoms with Crippen LogP contribution in [0.3, 0.4) is 0 Å². The second kappa shape index (κ2) is 24.7. The minimum absolute atomic E-state index is 0. The van der Waals surface area contributed by atoms with E-state index >= 15 is 0 Å². The normalized spacial score (nSPS) is 11.9. The van der Waals surface area contributed by atoms with Crippen molar-refractivity contribution in [3.05, 3.63) is 166 Å². The van der Waals surface area contributed by atoms with Crippen molar-refractivity contribution in [1.82, 2.24) is 0 Å². The van der Waals surface area contributed by atoms with Crippen LogP contribution in [0.15, 0.2) is 169 Å². The van der Waals surface area contributed by atoms with Crippen LogP contribution in [0, 0.1) is 0 Å². The van der Waals surface area contributed by atoms with Crippen LogP contribution < -0.4 is 25.0 Å². The Balaban J connectivity index is 0.000000241. The van der Waals surface area contributed by atoms with Gasteiger partial charge in [-0.15, -0.1) is 15.3 Å². The van der Waals surface area contributed by atoms with Gasteiger partial charge in [-0.3, -0.25) is 18.9 Å². The van der Waals surface area contributed by atoms with Gasteiger partial charge in [0, 0.05) is 20.8 Å². The molecular formula is C52H42CaCl2N6O12S2. The van der Waals surface area contributed by atoms with E-state index in [4.69, 9.17) is 32.7 Å². The minimum Gasteiger partial charge on any atom is -0.871 e. The Labute approximate surface area is 470 Å². The van der Waals surface area contributed by atoms with Gasteiger partial charge in [-0.25, -0.2) is 0 Å². The van der Waals surface area contributed by atoms with Crippen molar-refractivity contribution in [2.75, 3.05) is 19.5 Å². The molecule has 0 aromatic heterocycles. The fourth-order valence-electron chi connectivity index (χ4n) is 7.73. The Morgan fingerprint density at radius 3 is 1.59 bits per heavy atom. The number of azo groups is 2. The van der Waals surface area contributed by atoms with Gasteiger partial charge in [0.15, 0.2) is 5.75 Å². The van der Waals surface area contributed by atoms with E-state index in [0.29, 0.717) is 38.7 Å². The zero-order chi connectivity index (χ0) is 53.5. The number of halogens is 2. The molecule has 0 heterocycles. The van der Waals surface area contributed by atoms with E-state index in [-0.39, 0.29) is 111 Å². The van der Waals surface area contributed by atoms with Crippen molar-refractivity contribution in [1.29, 1.82) is 0 Å².